The molecule has 3 aromatic rings. The summed E-state index contributed by atoms with van der Waals surface area (Å²) in [6, 6.07) is 7.48. The molecule has 0 unspecified atom stereocenters. The molecule has 42 heavy (non-hydrogen) atoms. The lowest BCUT2D eigenvalue weighted by Crippen LogP contribution is -2.47. The van der Waals surface area contributed by atoms with Crippen molar-refractivity contribution < 1.29 is 23.9 Å². The van der Waals surface area contributed by atoms with Gasteiger partial charge in [0.15, 0.2) is 0 Å². The molecule has 0 radical (unpaired) electrons. The number of esters is 1. The van der Waals surface area contributed by atoms with Crippen molar-refractivity contribution >= 4 is 29.1 Å². The first kappa shape index (κ1) is 28.5. The van der Waals surface area contributed by atoms with Crippen LogP contribution in [-0.4, -0.2) is 71.0 Å². The topological polar surface area (TPSA) is 81.1 Å². The van der Waals surface area contributed by atoms with Crippen LogP contribution in [-0.2, 0) is 28.9 Å². The Hall–Kier alpha value is -3.59. The van der Waals surface area contributed by atoms with Gasteiger partial charge in [-0.1, -0.05) is 6.07 Å². The van der Waals surface area contributed by atoms with E-state index in [1.54, 1.807) is 23.3 Å². The van der Waals surface area contributed by atoms with E-state index in [2.05, 4.69) is 42.9 Å². The third kappa shape index (κ3) is 4.62. The number of carbonyl (C=O) groups excluding carboxylic acids is 3. The monoisotopic (exact) mass is 589 g/mol. The van der Waals surface area contributed by atoms with Gasteiger partial charge in [0.25, 0.3) is 11.8 Å². The maximum atomic E-state index is 14.4. The maximum absolute atomic E-state index is 14.4. The van der Waals surface area contributed by atoms with Crippen molar-refractivity contribution in [2.24, 2.45) is 0 Å². The second-order valence-electron chi connectivity index (χ2n) is 12.4. The Kier molecular flexibility index (Phi) is 7.41. The fourth-order valence-electron chi connectivity index (χ4n) is 6.95. The molecule has 3 aliphatic rings. The standard InChI is InChI=1S/C33H39N3O5S/c1-33(2,3)36-15-7-6-10-21-27(26-12-9-17-42-26)28-22-19-23(30(37)34-14-8-11-24(34)32(39)41-5)25(40-4)18-20(22)13-16-35(28)29(21)31(36)38/h9,12,17-19,24H,6-8,10-11,13-16H2,1-5H3/t24-/m0/s1. The van der Waals surface area contributed by atoms with Crippen LogP contribution in [0, 0.1) is 0 Å². The van der Waals surface area contributed by atoms with Crippen molar-refractivity contribution in [3.63, 3.8) is 0 Å². The molecule has 8 nitrogen and oxygen atoms in total. The third-order valence-electron chi connectivity index (χ3n) is 8.95. The summed E-state index contributed by atoms with van der Waals surface area (Å²) in [5.41, 5.74) is 6.14. The average molecular weight is 590 g/mol. The highest BCUT2D eigenvalue weighted by atomic mass is 32.1. The predicted molar refractivity (Wildman–Crippen MR) is 163 cm³/mol. The first-order chi connectivity index (χ1) is 20.2. The molecule has 9 heteroatoms. The molecule has 5 heterocycles. The first-order valence-corrected chi connectivity index (χ1v) is 15.7. The Morgan fingerprint density at radius 2 is 1.81 bits per heavy atom. The molecule has 222 valence electrons. The summed E-state index contributed by atoms with van der Waals surface area (Å²) >= 11 is 1.68. The second-order valence-corrected chi connectivity index (χ2v) is 13.4. The van der Waals surface area contributed by atoms with Gasteiger partial charge in [0.2, 0.25) is 0 Å². The van der Waals surface area contributed by atoms with Crippen LogP contribution in [0.3, 0.4) is 0 Å². The molecule has 1 saturated heterocycles. The number of nitrogens with zero attached hydrogens (tertiary/aromatic N) is 3. The van der Waals surface area contributed by atoms with Crippen molar-refractivity contribution in [1.29, 1.82) is 0 Å². The number of methoxy groups -OCH3 is 2. The van der Waals surface area contributed by atoms with E-state index in [1.165, 1.54) is 7.11 Å². The molecule has 0 spiro atoms. The van der Waals surface area contributed by atoms with Gasteiger partial charge in [0.1, 0.15) is 17.5 Å². The summed E-state index contributed by atoms with van der Waals surface area (Å²) in [5, 5.41) is 2.07. The molecule has 6 rings (SSSR count). The number of benzene rings is 1. The van der Waals surface area contributed by atoms with Gasteiger partial charge in [-0.2, -0.15) is 0 Å². The number of thiophene rings is 1. The van der Waals surface area contributed by atoms with E-state index in [0.29, 0.717) is 30.8 Å². The molecular weight excluding hydrogens is 550 g/mol. The van der Waals surface area contributed by atoms with Crippen LogP contribution in [0.1, 0.15) is 78.4 Å². The summed E-state index contributed by atoms with van der Waals surface area (Å²) < 4.78 is 13.0. The van der Waals surface area contributed by atoms with Crippen molar-refractivity contribution in [3.05, 3.63) is 52.0 Å². The predicted octanol–water partition coefficient (Wildman–Crippen LogP) is 5.80. The Morgan fingerprint density at radius 1 is 1.00 bits per heavy atom. The number of aromatic nitrogens is 1. The van der Waals surface area contributed by atoms with Gasteiger partial charge in [-0.15, -0.1) is 11.3 Å². The highest BCUT2D eigenvalue weighted by Crippen LogP contribution is 2.47. The fourth-order valence-corrected chi connectivity index (χ4v) is 7.75. The van der Waals surface area contributed by atoms with Crippen LogP contribution in [0.4, 0.5) is 0 Å². The van der Waals surface area contributed by atoms with Gasteiger partial charge in [-0.05, 0) is 94.0 Å². The molecule has 0 saturated carbocycles. The number of hydrogen-bond donors (Lipinski definition) is 0. The smallest absolute Gasteiger partial charge is 0.328 e. The zero-order valence-corrected chi connectivity index (χ0v) is 25.9. The van der Waals surface area contributed by atoms with Crippen LogP contribution in [0.2, 0.25) is 0 Å². The van der Waals surface area contributed by atoms with E-state index in [9.17, 15) is 14.4 Å². The lowest BCUT2D eigenvalue weighted by atomic mass is 9.91. The van der Waals surface area contributed by atoms with Crippen LogP contribution in [0.25, 0.3) is 21.7 Å². The average Bonchev–Trinajstić information content (AvgIpc) is 3.72. The number of amides is 2. The molecule has 1 aromatic carbocycles. The summed E-state index contributed by atoms with van der Waals surface area (Å²) in [5.74, 6) is -0.0570. The zero-order valence-electron chi connectivity index (χ0n) is 25.1. The number of rotatable bonds is 4. The fraction of sp³-hybridized carbons (Fsp3) is 0.485. The Morgan fingerprint density at radius 3 is 2.50 bits per heavy atom. The molecule has 2 amide bonds. The second kappa shape index (κ2) is 10.9. The summed E-state index contributed by atoms with van der Waals surface area (Å²) in [4.78, 5) is 45.7. The SMILES string of the molecule is COC(=O)[C@@H]1CCCN1C(=O)c1cc2c(cc1OC)CCn1c3c(c(-c4cccs4)c1-2)CCCCN(C(C)(C)C)C3=O. The van der Waals surface area contributed by atoms with Crippen LogP contribution >= 0.6 is 11.3 Å². The number of fused-ring (bicyclic) bond motifs is 5. The first-order valence-electron chi connectivity index (χ1n) is 14.9. The van der Waals surface area contributed by atoms with Crippen molar-refractivity contribution in [3.8, 4) is 27.4 Å². The van der Waals surface area contributed by atoms with Gasteiger partial charge in [0, 0.05) is 41.2 Å². The Labute approximate surface area is 251 Å². The Balaban J connectivity index is 1.57. The van der Waals surface area contributed by atoms with E-state index < -0.39 is 12.0 Å². The summed E-state index contributed by atoms with van der Waals surface area (Å²) in [6.07, 6.45) is 4.82. The number of carbonyl (C=O) groups is 3. The number of aryl methyl sites for hydroxylation is 1. The summed E-state index contributed by atoms with van der Waals surface area (Å²) in [6.45, 7) is 8.21. The normalized spacial score (nSPS) is 18.6. The highest BCUT2D eigenvalue weighted by molar-refractivity contribution is 7.13. The molecule has 0 aliphatic carbocycles. The van der Waals surface area contributed by atoms with Crippen LogP contribution in [0.15, 0.2) is 29.6 Å². The molecule has 0 N–H and O–H groups in total. The lowest BCUT2D eigenvalue weighted by Gasteiger charge is -2.37. The van der Waals surface area contributed by atoms with Crippen LogP contribution < -0.4 is 4.74 Å². The summed E-state index contributed by atoms with van der Waals surface area (Å²) in [7, 11) is 2.94. The minimum absolute atomic E-state index is 0.0764. The van der Waals surface area contributed by atoms with Gasteiger partial charge in [-0.3, -0.25) is 9.59 Å². The van der Waals surface area contributed by atoms with Crippen molar-refractivity contribution in [2.45, 2.75) is 77.4 Å². The molecule has 1 fully saturated rings. The van der Waals surface area contributed by atoms with Crippen molar-refractivity contribution in [1.82, 2.24) is 14.4 Å². The number of ether oxygens (including phenoxy) is 2. The minimum Gasteiger partial charge on any atom is -0.496 e. The van der Waals surface area contributed by atoms with E-state index >= 15 is 0 Å². The number of hydrogen-bond acceptors (Lipinski definition) is 6. The van der Waals surface area contributed by atoms with E-state index in [-0.39, 0.29) is 17.4 Å². The van der Waals surface area contributed by atoms with Crippen LogP contribution in [0.5, 0.6) is 5.75 Å². The molecule has 1 atom stereocenters. The molecule has 2 aromatic heterocycles. The van der Waals surface area contributed by atoms with Crippen molar-refractivity contribution in [2.75, 3.05) is 27.3 Å². The highest BCUT2D eigenvalue weighted by Gasteiger charge is 2.40. The number of likely N-dealkylation sites (tertiary alicyclic amines) is 1. The van der Waals surface area contributed by atoms with E-state index in [0.717, 1.165) is 77.2 Å². The third-order valence-corrected chi connectivity index (χ3v) is 9.84. The van der Waals surface area contributed by atoms with Gasteiger partial charge < -0.3 is 23.8 Å². The zero-order chi connectivity index (χ0) is 29.8. The molecule has 3 aliphatic heterocycles. The van der Waals surface area contributed by atoms with Gasteiger partial charge in [0.05, 0.1) is 25.5 Å². The quantitative estimate of drug-likeness (QED) is 0.359. The molecular formula is C33H39N3O5S. The Bertz CT molecular complexity index is 1550. The largest absolute Gasteiger partial charge is 0.496 e. The van der Waals surface area contributed by atoms with Gasteiger partial charge >= 0.3 is 5.97 Å². The van der Waals surface area contributed by atoms with E-state index in [1.807, 2.05) is 17.0 Å². The lowest BCUT2D eigenvalue weighted by molar-refractivity contribution is -0.145. The minimum atomic E-state index is -0.602. The molecule has 0 bridgehead atoms. The van der Waals surface area contributed by atoms with E-state index in [4.69, 9.17) is 9.47 Å². The maximum Gasteiger partial charge on any atom is 0.328 e. The van der Waals surface area contributed by atoms with Gasteiger partial charge in [-0.25, -0.2) is 4.79 Å².